The van der Waals surface area contributed by atoms with Crippen molar-refractivity contribution >= 4 is 15.5 Å². The van der Waals surface area contributed by atoms with Gasteiger partial charge in [0.25, 0.3) is 0 Å². The van der Waals surface area contributed by atoms with Crippen LogP contribution in [0.3, 0.4) is 0 Å². The number of aromatic amines is 1. The minimum atomic E-state index is -2.79. The summed E-state index contributed by atoms with van der Waals surface area (Å²) in [4.78, 5) is 14.5. The van der Waals surface area contributed by atoms with E-state index in [9.17, 15) is 13.2 Å². The fourth-order valence-electron chi connectivity index (χ4n) is 2.63. The van der Waals surface area contributed by atoms with Crippen LogP contribution < -0.4 is 5.43 Å². The van der Waals surface area contributed by atoms with Crippen LogP contribution in [0.15, 0.2) is 29.3 Å². The third-order valence-corrected chi connectivity index (χ3v) is 5.44. The summed E-state index contributed by atoms with van der Waals surface area (Å²) in [6, 6.07) is 3.09. The van der Waals surface area contributed by atoms with E-state index in [1.807, 2.05) is 10.6 Å². The van der Waals surface area contributed by atoms with Crippen molar-refractivity contribution in [2.75, 3.05) is 11.5 Å². The Morgan fingerprint density at radius 3 is 2.79 bits per heavy atom. The fourth-order valence-corrected chi connectivity index (χ4v) is 4.22. The minimum Gasteiger partial charge on any atom is -0.343 e. The zero-order valence-electron chi connectivity index (χ0n) is 10.5. The summed E-state index contributed by atoms with van der Waals surface area (Å²) in [6.07, 6.45) is 6.01. The van der Waals surface area contributed by atoms with Crippen LogP contribution in [0.25, 0.3) is 5.65 Å². The minimum absolute atomic E-state index is 0.0165. The first kappa shape index (κ1) is 12.5. The van der Waals surface area contributed by atoms with E-state index in [1.165, 1.54) is 6.07 Å². The highest BCUT2D eigenvalue weighted by molar-refractivity contribution is 7.91. The maximum Gasteiger partial charge on any atom is 0.183 e. The highest BCUT2D eigenvalue weighted by Gasteiger charge is 2.24. The molecule has 102 valence electrons. The van der Waals surface area contributed by atoms with Crippen molar-refractivity contribution in [3.05, 3.63) is 40.4 Å². The van der Waals surface area contributed by atoms with E-state index in [2.05, 4.69) is 4.98 Å². The highest BCUT2D eigenvalue weighted by Crippen LogP contribution is 2.22. The van der Waals surface area contributed by atoms with Crippen LogP contribution in [-0.2, 0) is 16.3 Å². The largest absolute Gasteiger partial charge is 0.343 e. The van der Waals surface area contributed by atoms with Gasteiger partial charge in [-0.05, 0) is 25.2 Å². The predicted octanol–water partition coefficient (Wildman–Crippen LogP) is 0.995. The van der Waals surface area contributed by atoms with E-state index in [4.69, 9.17) is 0 Å². The lowest BCUT2D eigenvalue weighted by Gasteiger charge is -2.20. The maximum atomic E-state index is 11.4. The molecule has 0 aliphatic carbocycles. The molecule has 1 fully saturated rings. The number of rotatable bonds is 2. The molecule has 6 heteroatoms. The average molecular weight is 280 g/mol. The fraction of sp³-hybridized carbons (Fsp3) is 0.462. The summed E-state index contributed by atoms with van der Waals surface area (Å²) < 4.78 is 24.6. The summed E-state index contributed by atoms with van der Waals surface area (Å²) >= 11 is 0. The number of hydrogen-bond donors (Lipinski definition) is 1. The number of hydrogen-bond acceptors (Lipinski definition) is 3. The van der Waals surface area contributed by atoms with Gasteiger partial charge in [-0.15, -0.1) is 0 Å². The van der Waals surface area contributed by atoms with E-state index in [0.29, 0.717) is 17.4 Å². The number of sulfone groups is 1. The number of nitrogens with one attached hydrogen (secondary N) is 1. The lowest BCUT2D eigenvalue weighted by Crippen LogP contribution is -2.24. The molecule has 0 spiro atoms. The summed E-state index contributed by atoms with van der Waals surface area (Å²) in [6.45, 7) is 0. The standard InChI is InChI=1S/C13H16N2O3S/c16-12-1-4-15-9-11(14-13(15)8-12)7-10-2-5-19(17,18)6-3-10/h1,4,8-10,14H,2-3,5-7H2. The van der Waals surface area contributed by atoms with E-state index < -0.39 is 9.84 Å². The van der Waals surface area contributed by atoms with Gasteiger partial charge in [0.05, 0.1) is 11.5 Å². The van der Waals surface area contributed by atoms with Gasteiger partial charge < -0.3 is 9.38 Å². The van der Waals surface area contributed by atoms with Crippen molar-refractivity contribution in [3.8, 4) is 0 Å². The molecular weight excluding hydrogens is 264 g/mol. The Bertz CT molecular complexity index is 744. The van der Waals surface area contributed by atoms with Crippen molar-refractivity contribution in [2.45, 2.75) is 19.3 Å². The smallest absolute Gasteiger partial charge is 0.183 e. The molecule has 3 rings (SSSR count). The van der Waals surface area contributed by atoms with Crippen molar-refractivity contribution in [2.24, 2.45) is 5.92 Å². The molecule has 2 aromatic rings. The van der Waals surface area contributed by atoms with Crippen LogP contribution in [0.1, 0.15) is 18.5 Å². The molecule has 0 radical (unpaired) electrons. The molecular formula is C13H16N2O3S. The van der Waals surface area contributed by atoms with E-state index >= 15 is 0 Å². The zero-order chi connectivity index (χ0) is 13.5. The van der Waals surface area contributed by atoms with Gasteiger partial charge in [-0.25, -0.2) is 8.42 Å². The molecule has 0 atom stereocenters. The van der Waals surface area contributed by atoms with Crippen molar-refractivity contribution in [3.63, 3.8) is 0 Å². The monoisotopic (exact) mass is 280 g/mol. The molecule has 3 heterocycles. The maximum absolute atomic E-state index is 11.4. The second-order valence-corrected chi connectivity index (χ2v) is 7.54. The predicted molar refractivity (Wildman–Crippen MR) is 73.1 cm³/mol. The van der Waals surface area contributed by atoms with Gasteiger partial charge in [0.2, 0.25) is 0 Å². The van der Waals surface area contributed by atoms with Gasteiger partial charge in [-0.1, -0.05) is 0 Å². The van der Waals surface area contributed by atoms with Gasteiger partial charge in [0.1, 0.15) is 15.5 Å². The van der Waals surface area contributed by atoms with Crippen LogP contribution in [0, 0.1) is 5.92 Å². The van der Waals surface area contributed by atoms with Crippen LogP contribution in [0.2, 0.25) is 0 Å². The van der Waals surface area contributed by atoms with Crippen LogP contribution >= 0.6 is 0 Å². The summed E-state index contributed by atoms with van der Waals surface area (Å²) in [5, 5.41) is 0. The number of fused-ring (bicyclic) bond motifs is 1. The molecule has 0 bridgehead atoms. The van der Waals surface area contributed by atoms with Crippen molar-refractivity contribution in [1.82, 2.24) is 9.38 Å². The Labute approximate surface area is 111 Å². The summed E-state index contributed by atoms with van der Waals surface area (Å²) in [7, 11) is -2.79. The Morgan fingerprint density at radius 1 is 1.32 bits per heavy atom. The molecule has 2 aromatic heterocycles. The molecule has 1 saturated heterocycles. The van der Waals surface area contributed by atoms with Crippen LogP contribution in [-0.4, -0.2) is 29.3 Å². The first-order valence-corrected chi connectivity index (χ1v) is 8.24. The first-order valence-electron chi connectivity index (χ1n) is 6.42. The molecule has 1 aliphatic rings. The Balaban J connectivity index is 1.77. The molecule has 1 N–H and O–H groups in total. The third kappa shape index (κ3) is 2.73. The number of pyridine rings is 1. The molecule has 19 heavy (non-hydrogen) atoms. The van der Waals surface area contributed by atoms with Crippen LogP contribution in [0.5, 0.6) is 0 Å². The lowest BCUT2D eigenvalue weighted by atomic mass is 9.97. The normalized spacial score (nSPS) is 19.8. The number of nitrogens with zero attached hydrogens (tertiary/aromatic N) is 1. The average Bonchev–Trinajstić information content (AvgIpc) is 2.73. The molecule has 0 aromatic carbocycles. The Morgan fingerprint density at radius 2 is 2.05 bits per heavy atom. The van der Waals surface area contributed by atoms with Gasteiger partial charge in [0, 0.05) is 30.2 Å². The quantitative estimate of drug-likeness (QED) is 0.892. The number of imidazole rings is 1. The molecule has 0 saturated carbocycles. The molecule has 1 aliphatic heterocycles. The Kier molecular flexibility index (Phi) is 2.97. The third-order valence-electron chi connectivity index (χ3n) is 3.72. The first-order chi connectivity index (χ1) is 9.02. The van der Waals surface area contributed by atoms with Crippen molar-refractivity contribution in [1.29, 1.82) is 0 Å². The highest BCUT2D eigenvalue weighted by atomic mass is 32.2. The van der Waals surface area contributed by atoms with Gasteiger partial charge in [-0.2, -0.15) is 0 Å². The molecule has 5 nitrogen and oxygen atoms in total. The van der Waals surface area contributed by atoms with Crippen molar-refractivity contribution < 1.29 is 8.42 Å². The van der Waals surface area contributed by atoms with Gasteiger partial charge in [-0.3, -0.25) is 4.79 Å². The van der Waals surface area contributed by atoms with Crippen LogP contribution in [0.4, 0.5) is 0 Å². The topological polar surface area (TPSA) is 71.4 Å². The SMILES string of the molecule is O=c1ccn2cc(CC3CCS(=O)(=O)CC3)[nH]c2c1. The van der Waals surface area contributed by atoms with E-state index in [1.54, 1.807) is 12.3 Å². The van der Waals surface area contributed by atoms with Gasteiger partial charge >= 0.3 is 0 Å². The van der Waals surface area contributed by atoms with E-state index in [-0.39, 0.29) is 5.43 Å². The molecule has 0 unspecified atom stereocenters. The zero-order valence-corrected chi connectivity index (χ0v) is 11.3. The molecule has 0 amide bonds. The number of aromatic nitrogens is 2. The summed E-state index contributed by atoms with van der Waals surface area (Å²) in [5.74, 6) is 1.01. The number of H-pyrrole nitrogens is 1. The Hall–Kier alpha value is -1.56. The second kappa shape index (κ2) is 4.52. The van der Waals surface area contributed by atoms with E-state index in [0.717, 1.165) is 30.6 Å². The summed E-state index contributed by atoms with van der Waals surface area (Å²) in [5.41, 5.74) is 1.82. The second-order valence-electron chi connectivity index (χ2n) is 5.23. The van der Waals surface area contributed by atoms with Gasteiger partial charge in [0.15, 0.2) is 5.43 Å². The lowest BCUT2D eigenvalue weighted by molar-refractivity contribution is 0.459.